The van der Waals surface area contributed by atoms with E-state index < -0.39 is 0 Å². The molecule has 27 heavy (non-hydrogen) atoms. The lowest BCUT2D eigenvalue weighted by atomic mass is 10.2. The van der Waals surface area contributed by atoms with Gasteiger partial charge in [0.15, 0.2) is 0 Å². The van der Waals surface area contributed by atoms with Gasteiger partial charge < -0.3 is 14.5 Å². The van der Waals surface area contributed by atoms with E-state index in [1.807, 2.05) is 41.9 Å². The number of para-hydroxylation sites is 2. The van der Waals surface area contributed by atoms with E-state index in [1.165, 1.54) is 23.1 Å². The van der Waals surface area contributed by atoms with Crippen LogP contribution >= 0.6 is 11.3 Å². The largest absolute Gasteiger partial charge is 0.344 e. The minimum atomic E-state index is -0.0163. The molecular weight excluding hydrogens is 356 g/mol. The summed E-state index contributed by atoms with van der Waals surface area (Å²) in [5.74, 6) is 0.850. The molecule has 4 aromatic rings. The van der Waals surface area contributed by atoms with Crippen molar-refractivity contribution < 1.29 is 4.79 Å². The highest BCUT2D eigenvalue weighted by atomic mass is 32.1. The van der Waals surface area contributed by atoms with Crippen molar-refractivity contribution in [3.63, 3.8) is 0 Å². The van der Waals surface area contributed by atoms with Gasteiger partial charge in [-0.1, -0.05) is 25.0 Å². The third-order valence-electron chi connectivity index (χ3n) is 5.67. The highest BCUT2D eigenvalue weighted by Gasteiger charge is 2.25. The second-order valence-electron chi connectivity index (χ2n) is 7.27. The minimum absolute atomic E-state index is 0.0163. The molecule has 1 amide bonds. The molecule has 5 nitrogen and oxygen atoms in total. The lowest BCUT2D eigenvalue weighted by Crippen LogP contribution is -2.27. The average Bonchev–Trinajstić information content (AvgIpc) is 3.44. The van der Waals surface area contributed by atoms with Crippen LogP contribution in [0.2, 0.25) is 0 Å². The molecular formula is C21H22N4OS. The van der Waals surface area contributed by atoms with E-state index in [0.717, 1.165) is 35.4 Å². The van der Waals surface area contributed by atoms with Crippen LogP contribution < -0.4 is 5.32 Å². The van der Waals surface area contributed by atoms with Crippen molar-refractivity contribution in [2.24, 2.45) is 7.05 Å². The zero-order valence-corrected chi connectivity index (χ0v) is 16.1. The molecule has 1 saturated carbocycles. The van der Waals surface area contributed by atoms with Gasteiger partial charge in [-0.15, -0.1) is 11.3 Å². The summed E-state index contributed by atoms with van der Waals surface area (Å²) in [5, 5.41) is 5.20. The Morgan fingerprint density at radius 1 is 1.22 bits per heavy atom. The van der Waals surface area contributed by atoms with Crippen LogP contribution in [0.25, 0.3) is 21.3 Å². The molecule has 1 aliphatic rings. The van der Waals surface area contributed by atoms with Crippen LogP contribution in [0.4, 0.5) is 0 Å². The summed E-state index contributed by atoms with van der Waals surface area (Å²) in [5.41, 5.74) is 4.01. The second-order valence-corrected chi connectivity index (χ2v) is 8.21. The number of carbonyl (C=O) groups is 1. The maximum atomic E-state index is 13.0. The van der Waals surface area contributed by atoms with Crippen molar-refractivity contribution in [3.8, 4) is 0 Å². The molecule has 1 N–H and O–H groups in total. The third kappa shape index (κ3) is 2.75. The molecule has 0 unspecified atom stereocenters. The number of rotatable bonds is 4. The van der Waals surface area contributed by atoms with Crippen LogP contribution in [0.15, 0.2) is 41.8 Å². The molecule has 0 saturated heterocycles. The molecule has 0 bridgehead atoms. The molecule has 3 aromatic heterocycles. The molecule has 5 rings (SSSR count). The molecule has 3 heterocycles. The van der Waals surface area contributed by atoms with E-state index in [2.05, 4.69) is 26.3 Å². The fourth-order valence-corrected chi connectivity index (χ4v) is 5.09. The van der Waals surface area contributed by atoms with Crippen molar-refractivity contribution in [2.75, 3.05) is 0 Å². The number of thiophene rings is 1. The molecule has 138 valence electrons. The summed E-state index contributed by atoms with van der Waals surface area (Å²) in [6.45, 7) is 0.424. The maximum absolute atomic E-state index is 13.0. The van der Waals surface area contributed by atoms with Crippen molar-refractivity contribution in [1.82, 2.24) is 19.4 Å². The van der Waals surface area contributed by atoms with Crippen molar-refractivity contribution >= 4 is 38.5 Å². The number of aromatic nitrogens is 3. The van der Waals surface area contributed by atoms with Gasteiger partial charge in [0.05, 0.1) is 27.8 Å². The summed E-state index contributed by atoms with van der Waals surface area (Å²) < 4.78 is 5.50. The zero-order chi connectivity index (χ0) is 18.4. The van der Waals surface area contributed by atoms with E-state index in [0.29, 0.717) is 12.6 Å². The Hall–Kier alpha value is -2.60. The van der Waals surface area contributed by atoms with Gasteiger partial charge in [0.25, 0.3) is 5.91 Å². The number of imidazole rings is 1. The van der Waals surface area contributed by atoms with Crippen LogP contribution in [0.1, 0.15) is 48.0 Å². The number of carbonyl (C=O) groups excluding carboxylic acids is 1. The topological polar surface area (TPSA) is 51.9 Å². The maximum Gasteiger partial charge on any atom is 0.268 e. The molecule has 0 spiro atoms. The summed E-state index contributed by atoms with van der Waals surface area (Å²) >= 11 is 1.70. The number of hydrogen-bond donors (Lipinski definition) is 1. The molecule has 0 aliphatic heterocycles. The van der Waals surface area contributed by atoms with Crippen molar-refractivity contribution in [1.29, 1.82) is 0 Å². The lowest BCUT2D eigenvalue weighted by Gasteiger charge is -2.17. The van der Waals surface area contributed by atoms with E-state index in [-0.39, 0.29) is 5.91 Å². The Bertz CT molecular complexity index is 1130. The van der Waals surface area contributed by atoms with Crippen LogP contribution in [0.3, 0.4) is 0 Å². The van der Waals surface area contributed by atoms with Gasteiger partial charge in [0.2, 0.25) is 0 Å². The highest BCUT2D eigenvalue weighted by molar-refractivity contribution is 7.17. The second kappa shape index (κ2) is 6.53. The molecule has 1 aromatic carbocycles. The first kappa shape index (κ1) is 16.6. The Labute approximate surface area is 161 Å². The lowest BCUT2D eigenvalue weighted by molar-refractivity contribution is 0.0938. The number of aryl methyl sites for hydroxylation is 1. The Morgan fingerprint density at radius 2 is 2.04 bits per heavy atom. The molecule has 0 atom stereocenters. The van der Waals surface area contributed by atoms with Crippen molar-refractivity contribution in [3.05, 3.63) is 53.3 Å². The highest BCUT2D eigenvalue weighted by Crippen LogP contribution is 2.36. The zero-order valence-electron chi connectivity index (χ0n) is 15.3. The number of nitrogens with one attached hydrogen (secondary N) is 1. The van der Waals surface area contributed by atoms with Gasteiger partial charge in [-0.3, -0.25) is 4.79 Å². The number of amides is 1. The average molecular weight is 379 g/mol. The van der Waals surface area contributed by atoms with E-state index in [1.54, 1.807) is 11.3 Å². The van der Waals surface area contributed by atoms with Crippen LogP contribution in [0.5, 0.6) is 0 Å². The Morgan fingerprint density at radius 3 is 2.85 bits per heavy atom. The van der Waals surface area contributed by atoms with Gasteiger partial charge >= 0.3 is 0 Å². The smallest absolute Gasteiger partial charge is 0.268 e. The summed E-state index contributed by atoms with van der Waals surface area (Å²) in [6, 6.07) is 12.7. The van der Waals surface area contributed by atoms with Gasteiger partial charge in [0.1, 0.15) is 11.5 Å². The third-order valence-corrected chi connectivity index (χ3v) is 6.52. The minimum Gasteiger partial charge on any atom is -0.344 e. The number of benzene rings is 1. The molecule has 1 aliphatic carbocycles. The summed E-state index contributed by atoms with van der Waals surface area (Å²) in [7, 11) is 1.99. The Balaban J connectivity index is 1.43. The van der Waals surface area contributed by atoms with Crippen LogP contribution in [-0.4, -0.2) is 20.0 Å². The molecule has 1 fully saturated rings. The van der Waals surface area contributed by atoms with Crippen LogP contribution in [0, 0.1) is 0 Å². The molecule has 6 heteroatoms. The quantitative estimate of drug-likeness (QED) is 0.563. The van der Waals surface area contributed by atoms with Gasteiger partial charge in [-0.05, 0) is 42.5 Å². The molecule has 0 radical (unpaired) electrons. The van der Waals surface area contributed by atoms with E-state index in [4.69, 9.17) is 0 Å². The predicted octanol–water partition coefficient (Wildman–Crippen LogP) is 4.63. The van der Waals surface area contributed by atoms with Crippen LogP contribution in [-0.2, 0) is 13.6 Å². The SMILES string of the molecule is Cn1c(CNC(=O)c2cc3sccc3n2C2CCCC2)nc2ccccc21. The predicted molar refractivity (Wildman–Crippen MR) is 109 cm³/mol. The fourth-order valence-electron chi connectivity index (χ4n) is 4.28. The number of nitrogens with zero attached hydrogens (tertiary/aromatic N) is 3. The Kier molecular flexibility index (Phi) is 4.01. The normalized spacial score (nSPS) is 15.1. The monoisotopic (exact) mass is 378 g/mol. The van der Waals surface area contributed by atoms with Gasteiger partial charge in [-0.25, -0.2) is 4.98 Å². The first-order valence-electron chi connectivity index (χ1n) is 9.49. The van der Waals surface area contributed by atoms with Gasteiger partial charge in [0, 0.05) is 13.1 Å². The number of hydrogen-bond acceptors (Lipinski definition) is 3. The fraction of sp³-hybridized carbons (Fsp3) is 0.333. The van der Waals surface area contributed by atoms with Crippen molar-refractivity contribution in [2.45, 2.75) is 38.3 Å². The summed E-state index contributed by atoms with van der Waals surface area (Å²) in [6.07, 6.45) is 4.81. The van der Waals surface area contributed by atoms with Gasteiger partial charge in [-0.2, -0.15) is 0 Å². The first-order chi connectivity index (χ1) is 13.2. The van der Waals surface area contributed by atoms with E-state index >= 15 is 0 Å². The summed E-state index contributed by atoms with van der Waals surface area (Å²) in [4.78, 5) is 17.7. The first-order valence-corrected chi connectivity index (χ1v) is 10.4. The number of fused-ring (bicyclic) bond motifs is 2. The van der Waals surface area contributed by atoms with E-state index in [9.17, 15) is 4.79 Å². The standard InChI is InChI=1S/C21H22N4OS/c1-24-16-9-5-4-8-15(16)23-20(24)13-22-21(26)18-12-19-17(10-11-27-19)25(18)14-6-2-3-7-14/h4-5,8-12,14H,2-3,6-7,13H2,1H3,(H,22,26).